The molecule has 0 radical (unpaired) electrons. The number of sulfonamides is 1. The predicted octanol–water partition coefficient (Wildman–Crippen LogP) is 1.37. The van der Waals surface area contributed by atoms with Crippen LogP contribution in [0.2, 0.25) is 0 Å². The predicted molar refractivity (Wildman–Crippen MR) is 80.6 cm³/mol. The van der Waals surface area contributed by atoms with Gasteiger partial charge in [-0.1, -0.05) is 15.9 Å². The van der Waals surface area contributed by atoms with E-state index in [1.54, 1.807) is 13.0 Å². The van der Waals surface area contributed by atoms with E-state index in [-0.39, 0.29) is 13.2 Å². The first kappa shape index (κ1) is 16.3. The van der Waals surface area contributed by atoms with Gasteiger partial charge in [-0.3, -0.25) is 4.79 Å². The molecule has 116 valence electrons. The number of benzene rings is 1. The van der Waals surface area contributed by atoms with Gasteiger partial charge in [-0.15, -0.1) is 0 Å². The molecule has 0 amide bonds. The van der Waals surface area contributed by atoms with Crippen LogP contribution in [0.4, 0.5) is 0 Å². The van der Waals surface area contributed by atoms with Crippen LogP contribution in [-0.4, -0.2) is 33.4 Å². The molecule has 21 heavy (non-hydrogen) atoms. The molecule has 1 aliphatic rings. The molecule has 0 spiro atoms. The molecule has 0 atom stereocenters. The Morgan fingerprint density at radius 2 is 2.24 bits per heavy atom. The highest BCUT2D eigenvalue weighted by atomic mass is 79.9. The Morgan fingerprint density at radius 1 is 1.48 bits per heavy atom. The molecule has 8 heteroatoms. The number of esters is 1. The van der Waals surface area contributed by atoms with Gasteiger partial charge in [0.05, 0.1) is 13.2 Å². The van der Waals surface area contributed by atoms with Crippen molar-refractivity contribution in [3.63, 3.8) is 0 Å². The molecule has 0 aromatic heterocycles. The lowest BCUT2D eigenvalue weighted by atomic mass is 10.1. The third-order valence-electron chi connectivity index (χ3n) is 2.92. The quantitative estimate of drug-likeness (QED) is 0.757. The van der Waals surface area contributed by atoms with Crippen molar-refractivity contribution in [2.24, 2.45) is 0 Å². The number of carbonyl (C=O) groups is 1. The van der Waals surface area contributed by atoms with E-state index in [0.29, 0.717) is 6.61 Å². The van der Waals surface area contributed by atoms with E-state index in [0.717, 1.165) is 27.8 Å². The average molecular weight is 378 g/mol. The van der Waals surface area contributed by atoms with Gasteiger partial charge < -0.3 is 9.47 Å². The first-order valence-electron chi connectivity index (χ1n) is 6.48. The van der Waals surface area contributed by atoms with E-state index in [2.05, 4.69) is 25.4 Å². The van der Waals surface area contributed by atoms with Crippen LogP contribution in [0, 0.1) is 0 Å². The number of fused-ring (bicyclic) bond motifs is 1. The minimum atomic E-state index is -3.73. The lowest BCUT2D eigenvalue weighted by Crippen LogP contribution is -2.30. The summed E-state index contributed by atoms with van der Waals surface area (Å²) in [4.78, 5) is 11.2. The molecule has 1 N–H and O–H groups in total. The van der Waals surface area contributed by atoms with E-state index in [4.69, 9.17) is 4.74 Å². The smallest absolute Gasteiger partial charge is 0.322 e. The summed E-state index contributed by atoms with van der Waals surface area (Å²) in [5.41, 5.74) is 1.79. The monoisotopic (exact) mass is 377 g/mol. The van der Waals surface area contributed by atoms with E-state index in [1.165, 1.54) is 0 Å². The van der Waals surface area contributed by atoms with Gasteiger partial charge in [0.15, 0.2) is 5.75 Å². The van der Waals surface area contributed by atoms with Gasteiger partial charge in [0, 0.05) is 23.0 Å². The maximum absolute atomic E-state index is 11.8. The minimum absolute atomic E-state index is 0.0729. The Morgan fingerprint density at radius 3 is 2.95 bits per heavy atom. The minimum Gasteiger partial charge on any atom is -0.493 e. The zero-order valence-electron chi connectivity index (χ0n) is 11.5. The maximum atomic E-state index is 11.8. The lowest BCUT2D eigenvalue weighted by molar-refractivity contribution is -0.139. The van der Waals surface area contributed by atoms with Crippen molar-refractivity contribution in [2.45, 2.75) is 19.9 Å². The highest BCUT2D eigenvalue weighted by molar-refractivity contribution is 9.10. The highest BCUT2D eigenvalue weighted by Crippen LogP contribution is 2.32. The van der Waals surface area contributed by atoms with Crippen LogP contribution < -0.4 is 9.46 Å². The Hall–Kier alpha value is -1.12. The second-order valence-corrected chi connectivity index (χ2v) is 7.26. The molecule has 0 fully saturated rings. The van der Waals surface area contributed by atoms with Gasteiger partial charge >= 0.3 is 5.97 Å². The van der Waals surface area contributed by atoms with Gasteiger partial charge in [0.1, 0.15) is 5.75 Å². The summed E-state index contributed by atoms with van der Waals surface area (Å²) >= 11 is 3.39. The van der Waals surface area contributed by atoms with Crippen molar-refractivity contribution in [2.75, 3.05) is 19.0 Å². The van der Waals surface area contributed by atoms with Crippen LogP contribution in [0.1, 0.15) is 18.1 Å². The van der Waals surface area contributed by atoms with Crippen LogP contribution in [0.3, 0.4) is 0 Å². The SMILES string of the molecule is CCOC(=O)CS(=O)(=O)NCc1cc(Br)cc2c1OCC2. The Kier molecular flexibility index (Phi) is 5.23. The fourth-order valence-electron chi connectivity index (χ4n) is 2.07. The summed E-state index contributed by atoms with van der Waals surface area (Å²) < 4.78 is 37.0. The van der Waals surface area contributed by atoms with Crippen LogP contribution in [0.25, 0.3) is 0 Å². The standard InChI is InChI=1S/C13H16BrNO5S/c1-2-19-12(16)8-21(17,18)15-7-10-6-11(14)5-9-3-4-20-13(9)10/h5-6,15H,2-4,7-8H2,1H3. The normalized spacial score (nSPS) is 13.6. The molecule has 1 aromatic rings. The molecule has 1 heterocycles. The van der Waals surface area contributed by atoms with Crippen LogP contribution in [0.15, 0.2) is 16.6 Å². The number of hydrogen-bond donors (Lipinski definition) is 1. The first-order chi connectivity index (χ1) is 9.91. The van der Waals surface area contributed by atoms with Crippen LogP contribution in [-0.2, 0) is 32.5 Å². The third kappa shape index (κ3) is 4.42. The van der Waals surface area contributed by atoms with Crippen LogP contribution >= 0.6 is 15.9 Å². The average Bonchev–Trinajstić information content (AvgIpc) is 2.83. The van der Waals surface area contributed by atoms with Crippen molar-refractivity contribution in [3.8, 4) is 5.75 Å². The topological polar surface area (TPSA) is 81.7 Å². The number of halogens is 1. The lowest BCUT2D eigenvalue weighted by Gasteiger charge is -2.10. The summed E-state index contributed by atoms with van der Waals surface area (Å²) in [5, 5.41) is 0. The van der Waals surface area contributed by atoms with Crippen molar-refractivity contribution in [1.29, 1.82) is 0 Å². The summed E-state index contributed by atoms with van der Waals surface area (Å²) in [6.07, 6.45) is 0.803. The Bertz CT molecular complexity index is 644. The van der Waals surface area contributed by atoms with Crippen LogP contribution in [0.5, 0.6) is 5.75 Å². The second kappa shape index (κ2) is 6.76. The highest BCUT2D eigenvalue weighted by Gasteiger charge is 2.21. The summed E-state index contributed by atoms with van der Waals surface area (Å²) in [6.45, 7) is 2.44. The molecule has 6 nitrogen and oxygen atoms in total. The van der Waals surface area contributed by atoms with E-state index >= 15 is 0 Å². The fraction of sp³-hybridized carbons (Fsp3) is 0.462. The molecule has 0 saturated heterocycles. The Balaban J connectivity index is 2.05. The molecule has 2 rings (SSSR count). The van der Waals surface area contributed by atoms with Crippen molar-refractivity contribution in [3.05, 3.63) is 27.7 Å². The zero-order valence-corrected chi connectivity index (χ0v) is 13.9. The summed E-state index contributed by atoms with van der Waals surface area (Å²) in [5.74, 6) is -0.726. The molecule has 1 aliphatic heterocycles. The first-order valence-corrected chi connectivity index (χ1v) is 8.93. The molecule has 1 aromatic carbocycles. The van der Waals surface area contributed by atoms with Gasteiger partial charge in [-0.05, 0) is 24.6 Å². The van der Waals surface area contributed by atoms with Crippen molar-refractivity contribution < 1.29 is 22.7 Å². The van der Waals surface area contributed by atoms with E-state index in [9.17, 15) is 13.2 Å². The molecule has 0 unspecified atom stereocenters. The molecular formula is C13H16BrNO5S. The van der Waals surface area contributed by atoms with Crippen molar-refractivity contribution >= 4 is 31.9 Å². The fourth-order valence-corrected chi connectivity index (χ4v) is 3.50. The third-order valence-corrected chi connectivity index (χ3v) is 4.58. The second-order valence-electron chi connectivity index (χ2n) is 4.54. The number of carbonyl (C=O) groups excluding carboxylic acids is 1. The van der Waals surface area contributed by atoms with Gasteiger partial charge in [0.2, 0.25) is 10.0 Å². The summed E-state index contributed by atoms with van der Waals surface area (Å²) in [7, 11) is -3.73. The van der Waals surface area contributed by atoms with E-state index in [1.807, 2.05) is 6.07 Å². The number of ether oxygens (including phenoxy) is 2. The molecular weight excluding hydrogens is 362 g/mol. The molecule has 0 saturated carbocycles. The number of nitrogens with one attached hydrogen (secondary N) is 1. The van der Waals surface area contributed by atoms with Gasteiger partial charge in [-0.25, -0.2) is 13.1 Å². The zero-order chi connectivity index (χ0) is 15.5. The van der Waals surface area contributed by atoms with E-state index < -0.39 is 21.7 Å². The summed E-state index contributed by atoms with van der Waals surface area (Å²) in [6, 6.07) is 3.76. The van der Waals surface area contributed by atoms with Gasteiger partial charge in [-0.2, -0.15) is 0 Å². The Labute approximate surface area is 132 Å². The van der Waals surface area contributed by atoms with Gasteiger partial charge in [0.25, 0.3) is 0 Å². The molecule has 0 aliphatic carbocycles. The largest absolute Gasteiger partial charge is 0.493 e. The van der Waals surface area contributed by atoms with Crippen molar-refractivity contribution in [1.82, 2.24) is 4.72 Å². The maximum Gasteiger partial charge on any atom is 0.322 e. The number of rotatable bonds is 6. The number of hydrogen-bond acceptors (Lipinski definition) is 5. The molecule has 0 bridgehead atoms.